The molecular weight excluding hydrogens is 216 g/mol. The number of rotatable bonds is 1. The second-order valence-corrected chi connectivity index (χ2v) is 4.92. The van der Waals surface area contributed by atoms with Gasteiger partial charge in [0.15, 0.2) is 0 Å². The Labute approximate surface area is 100 Å². The summed E-state index contributed by atoms with van der Waals surface area (Å²) in [6.45, 7) is 0. The van der Waals surface area contributed by atoms with Crippen LogP contribution in [0.1, 0.15) is 36.2 Å². The Balaban J connectivity index is 1.84. The molecule has 0 radical (unpaired) electrons. The Bertz CT molecular complexity index is 408. The maximum Gasteiger partial charge on any atom is 0.274 e. The summed E-state index contributed by atoms with van der Waals surface area (Å²) < 4.78 is 0. The first kappa shape index (κ1) is 10.7. The van der Waals surface area contributed by atoms with Crippen molar-refractivity contribution in [1.29, 1.82) is 0 Å². The molecule has 3 rings (SSSR count). The summed E-state index contributed by atoms with van der Waals surface area (Å²) in [5.74, 6) is 0.0116. The quantitative estimate of drug-likeness (QED) is 0.768. The van der Waals surface area contributed by atoms with Gasteiger partial charge in [-0.1, -0.05) is 0 Å². The van der Waals surface area contributed by atoms with Crippen LogP contribution in [0.5, 0.6) is 0 Å². The summed E-state index contributed by atoms with van der Waals surface area (Å²) in [6.07, 6.45) is 8.67. The molecular formula is C12H16N4O. The maximum atomic E-state index is 12.3. The molecule has 2 aliphatic heterocycles. The van der Waals surface area contributed by atoms with Gasteiger partial charge in [-0.2, -0.15) is 0 Å². The molecule has 5 heteroatoms. The number of hydrogen-bond donors (Lipinski definition) is 1. The van der Waals surface area contributed by atoms with Gasteiger partial charge in [0.2, 0.25) is 0 Å². The van der Waals surface area contributed by atoms with Crippen LogP contribution in [0.25, 0.3) is 0 Å². The second-order valence-electron chi connectivity index (χ2n) is 4.92. The Kier molecular flexibility index (Phi) is 2.55. The number of aromatic nitrogens is 2. The van der Waals surface area contributed by atoms with Crippen LogP contribution in [0.4, 0.5) is 0 Å². The number of amides is 1. The van der Waals surface area contributed by atoms with Crippen LogP contribution >= 0.6 is 0 Å². The molecule has 2 fully saturated rings. The van der Waals surface area contributed by atoms with Gasteiger partial charge in [-0.3, -0.25) is 9.78 Å². The summed E-state index contributed by atoms with van der Waals surface area (Å²) in [5.41, 5.74) is 6.44. The lowest BCUT2D eigenvalue weighted by molar-refractivity contribution is 0.0568. The van der Waals surface area contributed by atoms with E-state index in [4.69, 9.17) is 5.73 Å². The molecule has 0 aromatic carbocycles. The Morgan fingerprint density at radius 1 is 1.29 bits per heavy atom. The first-order chi connectivity index (χ1) is 8.25. The van der Waals surface area contributed by atoms with Crippen molar-refractivity contribution in [2.75, 3.05) is 0 Å². The van der Waals surface area contributed by atoms with Crippen LogP contribution in [0.15, 0.2) is 18.6 Å². The first-order valence-electron chi connectivity index (χ1n) is 6.10. The minimum absolute atomic E-state index is 0.0116. The first-order valence-corrected chi connectivity index (χ1v) is 6.10. The molecule has 2 atom stereocenters. The van der Waals surface area contributed by atoms with Crippen LogP contribution in [-0.2, 0) is 0 Å². The Morgan fingerprint density at radius 2 is 2.00 bits per heavy atom. The average Bonchev–Trinajstić information content (AvgIpc) is 2.62. The fourth-order valence-electron chi connectivity index (χ4n) is 3.09. The number of carbonyl (C=O) groups excluding carboxylic acids is 1. The smallest absolute Gasteiger partial charge is 0.274 e. The largest absolute Gasteiger partial charge is 0.331 e. The molecule has 1 aromatic heterocycles. The van der Waals surface area contributed by atoms with E-state index in [1.165, 1.54) is 6.20 Å². The number of piperidine rings is 1. The molecule has 1 amide bonds. The fourth-order valence-corrected chi connectivity index (χ4v) is 3.09. The van der Waals surface area contributed by atoms with Crippen molar-refractivity contribution < 1.29 is 4.79 Å². The molecule has 17 heavy (non-hydrogen) atoms. The molecule has 2 N–H and O–H groups in total. The van der Waals surface area contributed by atoms with Gasteiger partial charge in [0.25, 0.3) is 5.91 Å². The van der Waals surface area contributed by atoms with E-state index in [1.807, 2.05) is 4.90 Å². The van der Waals surface area contributed by atoms with E-state index in [0.717, 1.165) is 25.7 Å². The monoisotopic (exact) mass is 232 g/mol. The van der Waals surface area contributed by atoms with Gasteiger partial charge >= 0.3 is 0 Å². The lowest BCUT2D eigenvalue weighted by atomic mass is 9.98. The van der Waals surface area contributed by atoms with Crippen LogP contribution in [0, 0.1) is 0 Å². The lowest BCUT2D eigenvalue weighted by Gasteiger charge is -2.37. The summed E-state index contributed by atoms with van der Waals surface area (Å²) in [7, 11) is 0. The van der Waals surface area contributed by atoms with E-state index >= 15 is 0 Å². The van der Waals surface area contributed by atoms with Gasteiger partial charge in [-0.15, -0.1) is 0 Å². The summed E-state index contributed by atoms with van der Waals surface area (Å²) in [4.78, 5) is 22.4. The minimum Gasteiger partial charge on any atom is -0.331 e. The van der Waals surface area contributed by atoms with E-state index < -0.39 is 0 Å². The van der Waals surface area contributed by atoms with Crippen LogP contribution in [0.3, 0.4) is 0 Å². The van der Waals surface area contributed by atoms with Gasteiger partial charge < -0.3 is 10.6 Å². The molecule has 1 aromatic rings. The molecule has 2 saturated heterocycles. The topological polar surface area (TPSA) is 72.1 Å². The Hall–Kier alpha value is -1.49. The van der Waals surface area contributed by atoms with E-state index in [2.05, 4.69) is 9.97 Å². The van der Waals surface area contributed by atoms with Gasteiger partial charge in [0, 0.05) is 30.5 Å². The number of nitrogens with two attached hydrogens (primary N) is 1. The van der Waals surface area contributed by atoms with Gasteiger partial charge in [-0.05, 0) is 25.7 Å². The SMILES string of the molecule is NC1CC2CCC(C1)N2C(=O)c1cnccn1. The normalized spacial score (nSPS) is 31.6. The highest BCUT2D eigenvalue weighted by molar-refractivity contribution is 5.92. The van der Waals surface area contributed by atoms with Crippen molar-refractivity contribution in [3.05, 3.63) is 24.3 Å². The van der Waals surface area contributed by atoms with Crippen LogP contribution in [-0.4, -0.2) is 38.9 Å². The molecule has 3 heterocycles. The molecule has 2 bridgehead atoms. The molecule has 90 valence electrons. The van der Waals surface area contributed by atoms with Crippen molar-refractivity contribution in [2.24, 2.45) is 5.73 Å². The number of hydrogen-bond acceptors (Lipinski definition) is 4. The molecule has 0 aliphatic carbocycles. The third-order valence-corrected chi connectivity index (χ3v) is 3.79. The zero-order chi connectivity index (χ0) is 11.8. The van der Waals surface area contributed by atoms with Crippen LogP contribution < -0.4 is 5.73 Å². The molecule has 5 nitrogen and oxygen atoms in total. The molecule has 0 spiro atoms. The summed E-state index contributed by atoms with van der Waals surface area (Å²) in [6, 6.07) is 0.856. The second kappa shape index (κ2) is 4.07. The van der Waals surface area contributed by atoms with Gasteiger partial charge in [-0.25, -0.2) is 4.98 Å². The maximum absolute atomic E-state index is 12.3. The molecule has 2 unspecified atom stereocenters. The number of nitrogens with zero attached hydrogens (tertiary/aromatic N) is 3. The van der Waals surface area contributed by atoms with Crippen molar-refractivity contribution in [1.82, 2.24) is 14.9 Å². The lowest BCUT2D eigenvalue weighted by Crippen LogP contribution is -2.50. The van der Waals surface area contributed by atoms with E-state index in [0.29, 0.717) is 17.8 Å². The zero-order valence-electron chi connectivity index (χ0n) is 9.62. The fraction of sp³-hybridized carbons (Fsp3) is 0.583. The van der Waals surface area contributed by atoms with E-state index in [9.17, 15) is 4.79 Å². The molecule has 0 saturated carbocycles. The minimum atomic E-state index is 0.0116. The highest BCUT2D eigenvalue weighted by Crippen LogP contribution is 2.35. The molecule has 2 aliphatic rings. The van der Waals surface area contributed by atoms with E-state index in [1.54, 1.807) is 12.4 Å². The number of fused-ring (bicyclic) bond motifs is 2. The standard InChI is InChI=1S/C12H16N4O/c13-8-5-9-1-2-10(6-8)16(9)12(17)11-7-14-3-4-15-11/h3-4,7-10H,1-2,5-6,13H2. The van der Waals surface area contributed by atoms with Crippen LogP contribution in [0.2, 0.25) is 0 Å². The van der Waals surface area contributed by atoms with Gasteiger partial charge in [0.05, 0.1) is 6.20 Å². The van der Waals surface area contributed by atoms with Crippen molar-refractivity contribution >= 4 is 5.91 Å². The van der Waals surface area contributed by atoms with Crippen molar-refractivity contribution in [2.45, 2.75) is 43.8 Å². The zero-order valence-corrected chi connectivity index (χ0v) is 9.62. The third-order valence-electron chi connectivity index (χ3n) is 3.79. The summed E-state index contributed by atoms with van der Waals surface area (Å²) >= 11 is 0. The van der Waals surface area contributed by atoms with Crippen molar-refractivity contribution in [3.63, 3.8) is 0 Å². The van der Waals surface area contributed by atoms with Crippen molar-refractivity contribution in [3.8, 4) is 0 Å². The highest BCUT2D eigenvalue weighted by atomic mass is 16.2. The number of carbonyl (C=O) groups is 1. The van der Waals surface area contributed by atoms with Gasteiger partial charge in [0.1, 0.15) is 5.69 Å². The third kappa shape index (κ3) is 1.80. The predicted octanol–water partition coefficient (Wildman–Crippen LogP) is 0.571. The average molecular weight is 232 g/mol. The highest BCUT2D eigenvalue weighted by Gasteiger charge is 2.42. The Morgan fingerprint density at radius 3 is 2.59 bits per heavy atom. The summed E-state index contributed by atoms with van der Waals surface area (Å²) in [5, 5.41) is 0. The van der Waals surface area contributed by atoms with E-state index in [-0.39, 0.29) is 11.9 Å². The predicted molar refractivity (Wildman–Crippen MR) is 62.2 cm³/mol.